The van der Waals surface area contributed by atoms with Gasteiger partial charge in [0.25, 0.3) is 0 Å². The lowest BCUT2D eigenvalue weighted by atomic mass is 10.1. The average molecular weight is 402 g/mol. The van der Waals surface area contributed by atoms with Crippen molar-refractivity contribution in [1.82, 2.24) is 14.6 Å². The number of anilines is 1. The van der Waals surface area contributed by atoms with Crippen LogP contribution in [0.15, 0.2) is 66.7 Å². The van der Waals surface area contributed by atoms with E-state index in [4.69, 9.17) is 10.1 Å². The monoisotopic (exact) mass is 402 g/mol. The minimum absolute atomic E-state index is 0.263. The molecule has 2 aromatic carbocycles. The van der Waals surface area contributed by atoms with Gasteiger partial charge in [-0.1, -0.05) is 42.5 Å². The van der Waals surface area contributed by atoms with Crippen LogP contribution in [0.4, 0.5) is 10.2 Å². The van der Waals surface area contributed by atoms with Gasteiger partial charge in [0.1, 0.15) is 11.6 Å². The number of quaternary nitrogens is 1. The number of nitrogens with zero attached hydrogens (tertiary/aromatic N) is 4. The smallest absolute Gasteiger partial charge is 0.158 e. The molecule has 1 aliphatic heterocycles. The van der Waals surface area contributed by atoms with E-state index < -0.39 is 0 Å². The number of rotatable bonds is 4. The van der Waals surface area contributed by atoms with Gasteiger partial charge >= 0.3 is 0 Å². The van der Waals surface area contributed by atoms with E-state index >= 15 is 0 Å². The maximum absolute atomic E-state index is 13.8. The molecule has 6 heteroatoms. The minimum Gasteiger partial charge on any atom is -0.345 e. The summed E-state index contributed by atoms with van der Waals surface area (Å²) in [6.07, 6.45) is 0. The fourth-order valence-electron chi connectivity index (χ4n) is 4.14. The highest BCUT2D eigenvalue weighted by Crippen LogP contribution is 2.28. The Labute approximate surface area is 175 Å². The maximum atomic E-state index is 13.8. The van der Waals surface area contributed by atoms with Gasteiger partial charge in [-0.25, -0.2) is 9.37 Å². The van der Waals surface area contributed by atoms with Crippen molar-refractivity contribution in [2.45, 2.75) is 6.92 Å². The van der Waals surface area contributed by atoms with Gasteiger partial charge in [-0.15, -0.1) is 0 Å². The average Bonchev–Trinajstić information content (AvgIpc) is 3.23. The number of fused-ring (bicyclic) bond motifs is 1. The van der Waals surface area contributed by atoms with Crippen molar-refractivity contribution < 1.29 is 9.29 Å². The summed E-state index contributed by atoms with van der Waals surface area (Å²) >= 11 is 0. The standard InChI is InChI=1S/C24H24FN5/c1-2-28-11-13-29(14-12-28)24-17-21(18-7-4-3-5-8-18)26-23-16-22(27-30(23)24)19-9-6-10-20(25)15-19/h3-10,15-17H,2,11-14H2,1H3/p+1. The zero-order chi connectivity index (χ0) is 20.5. The quantitative estimate of drug-likeness (QED) is 0.570. The van der Waals surface area contributed by atoms with Crippen LogP contribution >= 0.6 is 0 Å². The molecule has 0 spiro atoms. The molecule has 0 aliphatic carbocycles. The number of likely N-dealkylation sites (N-methyl/N-ethyl adjacent to an activating group) is 1. The number of nitrogens with one attached hydrogen (secondary N) is 1. The third kappa shape index (κ3) is 3.55. The Bertz CT molecular complexity index is 1160. The van der Waals surface area contributed by atoms with E-state index in [1.165, 1.54) is 12.1 Å². The van der Waals surface area contributed by atoms with Crippen LogP contribution in [-0.2, 0) is 0 Å². The second-order valence-electron chi connectivity index (χ2n) is 7.77. The molecule has 1 fully saturated rings. The second-order valence-corrected chi connectivity index (χ2v) is 7.77. The fourth-order valence-corrected chi connectivity index (χ4v) is 4.14. The first kappa shape index (κ1) is 18.8. The summed E-state index contributed by atoms with van der Waals surface area (Å²) in [4.78, 5) is 8.89. The van der Waals surface area contributed by atoms with Gasteiger partial charge in [0, 0.05) is 23.3 Å². The highest BCUT2D eigenvalue weighted by atomic mass is 19.1. The second kappa shape index (κ2) is 7.88. The van der Waals surface area contributed by atoms with Crippen LogP contribution in [0.25, 0.3) is 28.2 Å². The molecule has 0 radical (unpaired) electrons. The summed E-state index contributed by atoms with van der Waals surface area (Å²) in [5, 5.41) is 4.81. The lowest BCUT2D eigenvalue weighted by Crippen LogP contribution is -3.14. The van der Waals surface area contributed by atoms with E-state index in [-0.39, 0.29) is 5.82 Å². The van der Waals surface area contributed by atoms with Crippen molar-refractivity contribution in [2.75, 3.05) is 37.6 Å². The zero-order valence-corrected chi connectivity index (χ0v) is 17.1. The molecule has 152 valence electrons. The molecule has 0 atom stereocenters. The molecule has 5 nitrogen and oxygen atoms in total. The van der Waals surface area contributed by atoms with Crippen LogP contribution in [0.2, 0.25) is 0 Å². The largest absolute Gasteiger partial charge is 0.345 e. The topological polar surface area (TPSA) is 37.9 Å². The molecule has 5 rings (SSSR count). The number of hydrogen-bond donors (Lipinski definition) is 1. The minimum atomic E-state index is -0.263. The van der Waals surface area contributed by atoms with Gasteiger partial charge in [-0.05, 0) is 19.1 Å². The SMILES string of the molecule is CC[NH+]1CCN(c2cc(-c3ccccc3)nc3cc(-c4cccc(F)c4)nn23)CC1. The molecule has 0 amide bonds. The van der Waals surface area contributed by atoms with E-state index in [0.717, 1.165) is 66.7 Å². The number of hydrogen-bond acceptors (Lipinski definition) is 3. The molecule has 1 aliphatic rings. The van der Waals surface area contributed by atoms with Gasteiger partial charge in [-0.2, -0.15) is 9.61 Å². The molecule has 1 N–H and O–H groups in total. The molecule has 30 heavy (non-hydrogen) atoms. The third-order valence-electron chi connectivity index (χ3n) is 5.89. The first-order chi connectivity index (χ1) is 14.7. The first-order valence-electron chi connectivity index (χ1n) is 10.5. The highest BCUT2D eigenvalue weighted by Gasteiger charge is 2.22. The van der Waals surface area contributed by atoms with Gasteiger partial charge < -0.3 is 9.80 Å². The normalized spacial score (nSPS) is 15.1. The van der Waals surface area contributed by atoms with Crippen molar-refractivity contribution in [3.05, 3.63) is 72.5 Å². The molecule has 0 unspecified atom stereocenters. The van der Waals surface area contributed by atoms with Crippen molar-refractivity contribution in [1.29, 1.82) is 0 Å². The summed E-state index contributed by atoms with van der Waals surface area (Å²) < 4.78 is 15.7. The van der Waals surface area contributed by atoms with Crippen LogP contribution in [0.5, 0.6) is 0 Å². The molecule has 0 saturated carbocycles. The van der Waals surface area contributed by atoms with E-state index in [1.807, 2.05) is 34.8 Å². The first-order valence-corrected chi connectivity index (χ1v) is 10.5. The summed E-state index contributed by atoms with van der Waals surface area (Å²) in [6, 6.07) is 20.8. The Morgan fingerprint density at radius 3 is 2.40 bits per heavy atom. The van der Waals surface area contributed by atoms with Crippen molar-refractivity contribution in [3.8, 4) is 22.5 Å². The molecule has 4 aromatic rings. The molecule has 3 heterocycles. The predicted molar refractivity (Wildman–Crippen MR) is 117 cm³/mol. The Morgan fingerprint density at radius 2 is 1.67 bits per heavy atom. The van der Waals surface area contributed by atoms with Gasteiger partial charge in [0.2, 0.25) is 0 Å². The van der Waals surface area contributed by atoms with Gasteiger partial charge in [0.05, 0.1) is 44.1 Å². The Kier molecular flexibility index (Phi) is 4.93. The van der Waals surface area contributed by atoms with Crippen molar-refractivity contribution >= 4 is 11.5 Å². The highest BCUT2D eigenvalue weighted by molar-refractivity contribution is 5.71. The van der Waals surface area contributed by atoms with Crippen molar-refractivity contribution in [3.63, 3.8) is 0 Å². The Balaban J connectivity index is 1.63. The zero-order valence-electron chi connectivity index (χ0n) is 17.1. The third-order valence-corrected chi connectivity index (χ3v) is 5.89. The number of aromatic nitrogens is 3. The predicted octanol–water partition coefficient (Wildman–Crippen LogP) is 2.93. The molecular weight excluding hydrogens is 377 g/mol. The van der Waals surface area contributed by atoms with Crippen LogP contribution in [0.3, 0.4) is 0 Å². The van der Waals surface area contributed by atoms with E-state index in [9.17, 15) is 4.39 Å². The lowest BCUT2D eigenvalue weighted by molar-refractivity contribution is -0.898. The van der Waals surface area contributed by atoms with Gasteiger partial charge in [-0.3, -0.25) is 0 Å². The number of piperazine rings is 1. The summed E-state index contributed by atoms with van der Waals surface area (Å²) in [7, 11) is 0. The Hall–Kier alpha value is -3.25. The van der Waals surface area contributed by atoms with Crippen LogP contribution < -0.4 is 9.80 Å². The number of benzene rings is 2. The number of halogens is 1. The summed E-state index contributed by atoms with van der Waals surface area (Å²) in [5.41, 5.74) is 4.26. The summed E-state index contributed by atoms with van der Waals surface area (Å²) in [5.74, 6) is 0.776. The fraction of sp³-hybridized carbons (Fsp3) is 0.250. The van der Waals surface area contributed by atoms with Crippen LogP contribution in [0.1, 0.15) is 6.92 Å². The molecular formula is C24H25FN5+. The molecule has 0 bridgehead atoms. The molecule has 1 saturated heterocycles. The van der Waals surface area contributed by atoms with Gasteiger partial charge in [0.15, 0.2) is 5.65 Å². The Morgan fingerprint density at radius 1 is 0.900 bits per heavy atom. The summed E-state index contributed by atoms with van der Waals surface area (Å²) in [6.45, 7) is 7.57. The van der Waals surface area contributed by atoms with E-state index in [2.05, 4.69) is 30.0 Å². The maximum Gasteiger partial charge on any atom is 0.158 e. The van der Waals surface area contributed by atoms with E-state index in [0.29, 0.717) is 0 Å². The van der Waals surface area contributed by atoms with E-state index in [1.54, 1.807) is 11.0 Å². The van der Waals surface area contributed by atoms with Crippen molar-refractivity contribution in [2.24, 2.45) is 0 Å². The lowest BCUT2D eigenvalue weighted by Gasteiger charge is -2.33. The van der Waals surface area contributed by atoms with Crippen LogP contribution in [0, 0.1) is 5.82 Å². The van der Waals surface area contributed by atoms with Crippen LogP contribution in [-0.4, -0.2) is 47.3 Å². The molecule has 2 aromatic heterocycles.